The Labute approximate surface area is 160 Å². The molecule has 0 fully saturated rings. The lowest BCUT2D eigenvalue weighted by Crippen LogP contribution is -2.09. The van der Waals surface area contributed by atoms with Crippen LogP contribution in [0.5, 0.6) is 11.5 Å². The Morgan fingerprint density at radius 3 is 2.00 bits per heavy atom. The van der Waals surface area contributed by atoms with Gasteiger partial charge in [-0.3, -0.25) is 0 Å². The summed E-state index contributed by atoms with van der Waals surface area (Å²) >= 11 is 0. The fraction of sp³-hybridized carbons (Fsp3) is 0.273. The lowest BCUT2D eigenvalue weighted by atomic mass is 10.2. The third kappa shape index (κ3) is 6.62. The van der Waals surface area contributed by atoms with Crippen LogP contribution in [0, 0.1) is 13.8 Å². The lowest BCUT2D eigenvalue weighted by Gasteiger charge is -2.10. The van der Waals surface area contributed by atoms with Gasteiger partial charge in [0.2, 0.25) is 0 Å². The Kier molecular flexibility index (Phi) is 7.17. The largest absolute Gasteiger partial charge is 0.508 e. The molecule has 1 heterocycles. The first-order valence-electron chi connectivity index (χ1n) is 8.97. The molecular formula is C22H28N2O3. The van der Waals surface area contributed by atoms with Crippen LogP contribution < -0.4 is 10.6 Å². The maximum Gasteiger partial charge on any atom is 0.122 e. The van der Waals surface area contributed by atoms with Crippen LogP contribution in [0.3, 0.4) is 0 Å². The highest BCUT2D eigenvalue weighted by Crippen LogP contribution is 2.22. The van der Waals surface area contributed by atoms with Gasteiger partial charge in [0, 0.05) is 29.5 Å². The maximum absolute atomic E-state index is 9.49. The number of hydrogen-bond donors (Lipinski definition) is 4. The second kappa shape index (κ2) is 9.57. The molecule has 3 aromatic rings. The first-order valence-corrected chi connectivity index (χ1v) is 8.97. The maximum atomic E-state index is 9.49. The van der Waals surface area contributed by atoms with E-state index in [4.69, 9.17) is 4.42 Å². The van der Waals surface area contributed by atoms with Crippen LogP contribution >= 0.6 is 0 Å². The molecule has 5 heteroatoms. The van der Waals surface area contributed by atoms with Crippen LogP contribution in [0.15, 0.2) is 59.2 Å². The second-order valence-electron chi connectivity index (χ2n) is 6.73. The zero-order valence-electron chi connectivity index (χ0n) is 16.3. The van der Waals surface area contributed by atoms with Crippen molar-refractivity contribution in [1.29, 1.82) is 0 Å². The molecule has 0 saturated carbocycles. The Balaban J connectivity index is 0.000000199. The summed E-state index contributed by atoms with van der Waals surface area (Å²) in [5.41, 5.74) is 3.63. The van der Waals surface area contributed by atoms with Gasteiger partial charge in [0.25, 0.3) is 0 Å². The third-order valence-corrected chi connectivity index (χ3v) is 3.92. The van der Waals surface area contributed by atoms with E-state index in [-0.39, 0.29) is 0 Å². The molecule has 0 aliphatic rings. The number of phenolic OH excluding ortho intramolecular Hbond substituents is 2. The molecule has 0 saturated heterocycles. The van der Waals surface area contributed by atoms with Crippen molar-refractivity contribution in [3.63, 3.8) is 0 Å². The van der Waals surface area contributed by atoms with Gasteiger partial charge in [-0.15, -0.1) is 0 Å². The molecule has 0 aliphatic carbocycles. The summed E-state index contributed by atoms with van der Waals surface area (Å²) in [7, 11) is 0. The summed E-state index contributed by atoms with van der Waals surface area (Å²) in [4.78, 5) is 0. The average Bonchev–Trinajstić information content (AvgIpc) is 3.13. The van der Waals surface area contributed by atoms with Gasteiger partial charge in [0.05, 0.1) is 12.8 Å². The standard InChI is InChI=1S/C12H13NO2.C10H15NO/c1-9-4-5-10(7-12(9)14)13-8-11-3-2-6-15-11;1-7(2)11-9-5-4-8(3)10(12)6-9/h2-7,13-14H,8H2,1H3;4-7,11-12H,1-3H3. The minimum absolute atomic E-state index is 0.305. The molecule has 0 radical (unpaired) electrons. The lowest BCUT2D eigenvalue weighted by molar-refractivity contribution is 0.471. The zero-order chi connectivity index (χ0) is 19.8. The van der Waals surface area contributed by atoms with Gasteiger partial charge < -0.3 is 25.3 Å². The fourth-order valence-electron chi connectivity index (χ4n) is 2.35. The van der Waals surface area contributed by atoms with Crippen molar-refractivity contribution < 1.29 is 14.6 Å². The van der Waals surface area contributed by atoms with Gasteiger partial charge >= 0.3 is 0 Å². The van der Waals surface area contributed by atoms with E-state index in [1.54, 1.807) is 18.4 Å². The van der Waals surface area contributed by atoms with Crippen molar-refractivity contribution in [1.82, 2.24) is 0 Å². The summed E-state index contributed by atoms with van der Waals surface area (Å²) < 4.78 is 5.18. The third-order valence-electron chi connectivity index (χ3n) is 3.92. The van der Waals surface area contributed by atoms with Crippen LogP contribution in [0.2, 0.25) is 0 Å². The number of aromatic hydroxyl groups is 2. The Hall–Kier alpha value is -3.08. The molecule has 0 unspecified atom stereocenters. The monoisotopic (exact) mass is 368 g/mol. The summed E-state index contributed by atoms with van der Waals surface area (Å²) in [5, 5.41) is 25.2. The summed E-state index contributed by atoms with van der Waals surface area (Å²) in [6.45, 7) is 8.50. The van der Waals surface area contributed by atoms with Crippen molar-refractivity contribution in [2.75, 3.05) is 10.6 Å². The minimum Gasteiger partial charge on any atom is -0.508 e. The molecule has 3 rings (SSSR count). The van der Waals surface area contributed by atoms with E-state index in [9.17, 15) is 10.2 Å². The molecule has 0 spiro atoms. The van der Waals surface area contributed by atoms with Gasteiger partial charge in [-0.25, -0.2) is 0 Å². The van der Waals surface area contributed by atoms with Crippen LogP contribution in [-0.2, 0) is 6.54 Å². The molecule has 0 amide bonds. The topological polar surface area (TPSA) is 77.7 Å². The normalized spacial score (nSPS) is 10.3. The quantitative estimate of drug-likeness (QED) is 0.483. The van der Waals surface area contributed by atoms with E-state index in [1.165, 1.54) is 0 Å². The number of hydrogen-bond acceptors (Lipinski definition) is 5. The number of aryl methyl sites for hydroxylation is 2. The highest BCUT2D eigenvalue weighted by molar-refractivity contribution is 5.51. The number of phenols is 2. The van der Waals surface area contributed by atoms with E-state index >= 15 is 0 Å². The SMILES string of the molecule is Cc1ccc(NC(C)C)cc1O.Cc1ccc(NCc2ccco2)cc1O. The number of benzene rings is 2. The van der Waals surface area contributed by atoms with Crippen LogP contribution in [0.4, 0.5) is 11.4 Å². The van der Waals surface area contributed by atoms with E-state index in [2.05, 4.69) is 24.5 Å². The highest BCUT2D eigenvalue weighted by atomic mass is 16.3. The number of rotatable bonds is 5. The average molecular weight is 368 g/mol. The predicted octanol–water partition coefficient (Wildman–Crippen LogP) is 5.43. The van der Waals surface area contributed by atoms with Crippen LogP contribution in [0.1, 0.15) is 30.7 Å². The molecule has 27 heavy (non-hydrogen) atoms. The first kappa shape index (κ1) is 20.2. The summed E-state index contributed by atoms with van der Waals surface area (Å²) in [5.74, 6) is 1.52. The second-order valence-corrected chi connectivity index (χ2v) is 6.73. The van der Waals surface area contributed by atoms with Crippen LogP contribution in [0.25, 0.3) is 0 Å². The van der Waals surface area contributed by atoms with E-state index in [1.807, 2.05) is 50.2 Å². The first-order chi connectivity index (χ1) is 12.8. The molecule has 144 valence electrons. The summed E-state index contributed by atoms with van der Waals surface area (Å²) in [6, 6.07) is 15.3. The number of anilines is 2. The Morgan fingerprint density at radius 1 is 0.889 bits per heavy atom. The molecule has 0 atom stereocenters. The van der Waals surface area contributed by atoms with E-state index in [0.29, 0.717) is 24.1 Å². The van der Waals surface area contributed by atoms with Gasteiger partial charge in [0.15, 0.2) is 0 Å². The van der Waals surface area contributed by atoms with Gasteiger partial charge in [-0.2, -0.15) is 0 Å². The van der Waals surface area contributed by atoms with Crippen LogP contribution in [-0.4, -0.2) is 16.3 Å². The molecule has 0 bridgehead atoms. The molecular weight excluding hydrogens is 340 g/mol. The van der Waals surface area contributed by atoms with E-state index < -0.39 is 0 Å². The molecule has 0 aliphatic heterocycles. The van der Waals surface area contributed by atoms with Crippen molar-refractivity contribution in [3.05, 3.63) is 71.7 Å². The number of furan rings is 1. The van der Waals surface area contributed by atoms with Gasteiger partial charge in [-0.1, -0.05) is 12.1 Å². The molecule has 1 aromatic heterocycles. The van der Waals surface area contributed by atoms with Crippen molar-refractivity contribution >= 4 is 11.4 Å². The van der Waals surface area contributed by atoms with Crippen molar-refractivity contribution in [3.8, 4) is 11.5 Å². The van der Waals surface area contributed by atoms with Gasteiger partial charge in [-0.05, 0) is 63.1 Å². The Morgan fingerprint density at radius 2 is 1.48 bits per heavy atom. The number of nitrogens with one attached hydrogen (secondary N) is 2. The summed E-state index contributed by atoms with van der Waals surface area (Å²) in [6.07, 6.45) is 1.64. The molecule has 4 N–H and O–H groups in total. The van der Waals surface area contributed by atoms with E-state index in [0.717, 1.165) is 28.3 Å². The molecule has 2 aromatic carbocycles. The van der Waals surface area contributed by atoms with Crippen molar-refractivity contribution in [2.45, 2.75) is 40.3 Å². The Bertz CT molecular complexity index is 843. The van der Waals surface area contributed by atoms with Gasteiger partial charge in [0.1, 0.15) is 17.3 Å². The molecule has 5 nitrogen and oxygen atoms in total. The van der Waals surface area contributed by atoms with Crippen molar-refractivity contribution in [2.24, 2.45) is 0 Å². The smallest absolute Gasteiger partial charge is 0.122 e. The zero-order valence-corrected chi connectivity index (χ0v) is 16.3. The predicted molar refractivity (Wildman–Crippen MR) is 110 cm³/mol. The highest BCUT2D eigenvalue weighted by Gasteiger charge is 2.00. The minimum atomic E-state index is 0.305. The fourth-order valence-corrected chi connectivity index (χ4v) is 2.35.